The van der Waals surface area contributed by atoms with Gasteiger partial charge in [-0.2, -0.15) is 0 Å². The Morgan fingerprint density at radius 2 is 1.81 bits per heavy atom. The lowest BCUT2D eigenvalue weighted by Crippen LogP contribution is -1.95. The molecule has 3 rings (SSSR count). The Balaban J connectivity index is 2.11. The fourth-order valence-electron chi connectivity index (χ4n) is 1.96. The third-order valence-corrected chi connectivity index (χ3v) is 4.39. The van der Waals surface area contributed by atoms with Gasteiger partial charge in [0.05, 0.1) is 15.7 Å². The molecule has 106 valence electrons. The number of anilines is 1. The summed E-state index contributed by atoms with van der Waals surface area (Å²) in [6, 6.07) is 10.8. The largest absolute Gasteiger partial charge is 0.436 e. The molecule has 0 aliphatic heterocycles. The first-order valence-electron chi connectivity index (χ1n) is 6.02. The fourth-order valence-corrected chi connectivity index (χ4v) is 2.78. The SMILES string of the molecule is Nc1cc(Cl)c(Cl)cc1Oc1nccc2c(Br)cccc12. The van der Waals surface area contributed by atoms with Crippen LogP contribution in [0.4, 0.5) is 5.69 Å². The van der Waals surface area contributed by atoms with Gasteiger partial charge < -0.3 is 10.5 Å². The van der Waals surface area contributed by atoms with E-state index in [1.807, 2.05) is 24.3 Å². The first-order chi connectivity index (χ1) is 10.1. The van der Waals surface area contributed by atoms with E-state index in [-0.39, 0.29) is 0 Å². The average molecular weight is 384 g/mol. The molecule has 0 saturated heterocycles. The summed E-state index contributed by atoms with van der Waals surface area (Å²) in [5, 5.41) is 2.64. The zero-order chi connectivity index (χ0) is 15.0. The zero-order valence-electron chi connectivity index (χ0n) is 10.6. The van der Waals surface area contributed by atoms with E-state index >= 15 is 0 Å². The van der Waals surface area contributed by atoms with Crippen LogP contribution in [0.5, 0.6) is 11.6 Å². The van der Waals surface area contributed by atoms with Crippen molar-refractivity contribution in [2.24, 2.45) is 0 Å². The van der Waals surface area contributed by atoms with Gasteiger partial charge in [0.25, 0.3) is 0 Å². The van der Waals surface area contributed by atoms with Crippen LogP contribution in [0.2, 0.25) is 10.0 Å². The average Bonchev–Trinajstić information content (AvgIpc) is 2.46. The number of hydrogen-bond acceptors (Lipinski definition) is 3. The lowest BCUT2D eigenvalue weighted by Gasteiger charge is -2.11. The van der Waals surface area contributed by atoms with Crippen LogP contribution in [0, 0.1) is 0 Å². The summed E-state index contributed by atoms with van der Waals surface area (Å²) in [7, 11) is 0. The maximum atomic E-state index is 6.00. The van der Waals surface area contributed by atoms with Gasteiger partial charge in [-0.1, -0.05) is 45.2 Å². The number of fused-ring (bicyclic) bond motifs is 1. The molecule has 0 spiro atoms. The van der Waals surface area contributed by atoms with Gasteiger partial charge in [-0.3, -0.25) is 0 Å². The summed E-state index contributed by atoms with van der Waals surface area (Å²) >= 11 is 15.4. The lowest BCUT2D eigenvalue weighted by atomic mass is 10.2. The molecule has 0 atom stereocenters. The summed E-state index contributed by atoms with van der Waals surface area (Å²) < 4.78 is 6.78. The van der Waals surface area contributed by atoms with Crippen molar-refractivity contribution in [1.82, 2.24) is 4.98 Å². The molecule has 21 heavy (non-hydrogen) atoms. The second-order valence-electron chi connectivity index (χ2n) is 4.36. The first-order valence-corrected chi connectivity index (χ1v) is 7.57. The molecule has 0 unspecified atom stereocenters. The Kier molecular flexibility index (Phi) is 3.93. The second-order valence-corrected chi connectivity index (χ2v) is 6.03. The summed E-state index contributed by atoms with van der Waals surface area (Å²) in [6.07, 6.45) is 1.68. The third-order valence-electron chi connectivity index (χ3n) is 2.98. The Labute approximate surface area is 139 Å². The molecule has 0 saturated carbocycles. The van der Waals surface area contributed by atoms with Gasteiger partial charge in [-0.15, -0.1) is 0 Å². The third kappa shape index (κ3) is 2.79. The quantitative estimate of drug-likeness (QED) is 0.579. The number of nitrogen functional groups attached to an aromatic ring is 1. The Bertz CT molecular complexity index is 839. The van der Waals surface area contributed by atoms with Crippen LogP contribution < -0.4 is 10.5 Å². The minimum Gasteiger partial charge on any atom is -0.436 e. The maximum absolute atomic E-state index is 6.00. The summed E-state index contributed by atoms with van der Waals surface area (Å²) in [5.74, 6) is 0.878. The highest BCUT2D eigenvalue weighted by Gasteiger charge is 2.11. The fraction of sp³-hybridized carbons (Fsp3) is 0. The zero-order valence-corrected chi connectivity index (χ0v) is 13.7. The van der Waals surface area contributed by atoms with Gasteiger partial charge in [0, 0.05) is 27.5 Å². The van der Waals surface area contributed by atoms with Gasteiger partial charge in [-0.05, 0) is 24.3 Å². The van der Waals surface area contributed by atoms with Crippen molar-refractivity contribution >= 4 is 55.6 Å². The molecule has 0 aliphatic rings. The lowest BCUT2D eigenvalue weighted by molar-refractivity contribution is 0.471. The van der Waals surface area contributed by atoms with E-state index in [4.69, 9.17) is 33.7 Å². The van der Waals surface area contributed by atoms with Gasteiger partial charge in [0.1, 0.15) is 0 Å². The molecule has 0 bridgehead atoms. The van der Waals surface area contributed by atoms with E-state index in [2.05, 4.69) is 20.9 Å². The Morgan fingerprint density at radius 1 is 1.05 bits per heavy atom. The van der Waals surface area contributed by atoms with E-state index < -0.39 is 0 Å². The minimum absolute atomic E-state index is 0.377. The molecule has 2 aromatic carbocycles. The van der Waals surface area contributed by atoms with E-state index in [9.17, 15) is 0 Å². The molecular weight excluding hydrogens is 375 g/mol. The number of halogens is 3. The molecule has 2 N–H and O–H groups in total. The molecule has 3 aromatic rings. The van der Waals surface area contributed by atoms with E-state index in [0.29, 0.717) is 27.4 Å². The van der Waals surface area contributed by atoms with Crippen molar-refractivity contribution in [1.29, 1.82) is 0 Å². The number of rotatable bonds is 2. The Morgan fingerprint density at radius 3 is 2.62 bits per heavy atom. The van der Waals surface area contributed by atoms with Gasteiger partial charge in [-0.25, -0.2) is 4.98 Å². The molecule has 3 nitrogen and oxygen atoms in total. The highest BCUT2D eigenvalue weighted by atomic mass is 79.9. The predicted molar refractivity (Wildman–Crippen MR) is 90.4 cm³/mol. The molecule has 0 amide bonds. The van der Waals surface area contributed by atoms with Crippen molar-refractivity contribution < 1.29 is 4.74 Å². The molecular formula is C15H9BrCl2N2O. The number of ether oxygens (including phenoxy) is 1. The van der Waals surface area contributed by atoms with Crippen molar-refractivity contribution in [2.75, 3.05) is 5.73 Å². The normalized spacial score (nSPS) is 10.8. The van der Waals surface area contributed by atoms with Crippen LogP contribution in [-0.2, 0) is 0 Å². The van der Waals surface area contributed by atoms with Gasteiger partial charge in [0.2, 0.25) is 5.88 Å². The molecule has 6 heteroatoms. The van der Waals surface area contributed by atoms with Crippen LogP contribution in [0.25, 0.3) is 10.8 Å². The molecule has 0 fully saturated rings. The van der Waals surface area contributed by atoms with E-state index in [1.165, 1.54) is 0 Å². The van der Waals surface area contributed by atoms with Gasteiger partial charge in [0.15, 0.2) is 5.75 Å². The van der Waals surface area contributed by atoms with Gasteiger partial charge >= 0.3 is 0 Å². The summed E-state index contributed by atoms with van der Waals surface area (Å²) in [4.78, 5) is 4.26. The number of hydrogen-bond donors (Lipinski definition) is 1. The molecule has 1 aromatic heterocycles. The van der Waals surface area contributed by atoms with Crippen molar-refractivity contribution in [2.45, 2.75) is 0 Å². The monoisotopic (exact) mass is 382 g/mol. The topological polar surface area (TPSA) is 48.1 Å². The summed E-state index contributed by atoms with van der Waals surface area (Å²) in [5.41, 5.74) is 6.31. The highest BCUT2D eigenvalue weighted by molar-refractivity contribution is 9.10. The van der Waals surface area contributed by atoms with E-state index in [0.717, 1.165) is 15.2 Å². The standard InChI is InChI=1S/C15H9BrCl2N2O/c16-10-3-1-2-9-8(10)4-5-20-15(9)21-14-7-12(18)11(17)6-13(14)19/h1-7H,19H2. The van der Waals surface area contributed by atoms with Crippen molar-refractivity contribution in [3.8, 4) is 11.6 Å². The number of aromatic nitrogens is 1. The van der Waals surface area contributed by atoms with Crippen molar-refractivity contribution in [3.05, 3.63) is 57.1 Å². The number of pyridine rings is 1. The Hall–Kier alpha value is -1.49. The van der Waals surface area contributed by atoms with Crippen LogP contribution >= 0.6 is 39.1 Å². The smallest absolute Gasteiger partial charge is 0.227 e. The van der Waals surface area contributed by atoms with Crippen LogP contribution in [0.15, 0.2) is 47.1 Å². The second kappa shape index (κ2) is 5.72. The molecule has 0 radical (unpaired) electrons. The number of benzene rings is 2. The molecule has 1 heterocycles. The van der Waals surface area contributed by atoms with E-state index in [1.54, 1.807) is 18.3 Å². The van der Waals surface area contributed by atoms with Crippen molar-refractivity contribution in [3.63, 3.8) is 0 Å². The van der Waals surface area contributed by atoms with Crippen LogP contribution in [-0.4, -0.2) is 4.98 Å². The van der Waals surface area contributed by atoms with Crippen LogP contribution in [0.1, 0.15) is 0 Å². The number of nitrogens with zero attached hydrogens (tertiary/aromatic N) is 1. The molecule has 0 aliphatic carbocycles. The first kappa shape index (κ1) is 14.4. The minimum atomic E-state index is 0.377. The highest BCUT2D eigenvalue weighted by Crippen LogP contribution is 2.37. The predicted octanol–water partition coefficient (Wildman–Crippen LogP) is 5.68. The van der Waals surface area contributed by atoms with Crippen LogP contribution in [0.3, 0.4) is 0 Å². The maximum Gasteiger partial charge on any atom is 0.227 e. The summed E-state index contributed by atoms with van der Waals surface area (Å²) in [6.45, 7) is 0. The number of nitrogens with two attached hydrogens (primary N) is 1.